The van der Waals surface area contributed by atoms with Crippen molar-refractivity contribution in [1.29, 1.82) is 0 Å². The molecule has 8 heteroatoms. The van der Waals surface area contributed by atoms with Crippen LogP contribution < -0.4 is 5.32 Å². The summed E-state index contributed by atoms with van der Waals surface area (Å²) < 4.78 is 7.23. The maximum Gasteiger partial charge on any atom is 0.237 e. The molecule has 0 saturated heterocycles. The molecule has 1 unspecified atom stereocenters. The Bertz CT molecular complexity index is 1170. The Morgan fingerprint density at radius 2 is 1.87 bits per heavy atom. The molecule has 4 aromatic rings. The second-order valence-corrected chi connectivity index (χ2v) is 8.27. The molecule has 0 saturated carbocycles. The average Bonchev–Trinajstić information content (AvgIpc) is 3.20. The van der Waals surface area contributed by atoms with Gasteiger partial charge in [0.1, 0.15) is 0 Å². The minimum Gasteiger partial charge on any atom is -0.383 e. The molecule has 0 radical (unpaired) electrons. The fraction of sp³-hybridized carbons (Fsp3) is 0.217. The van der Waals surface area contributed by atoms with Crippen LogP contribution >= 0.6 is 11.8 Å². The Balaban J connectivity index is 1.54. The number of hydrogen-bond acceptors (Lipinski definition) is 6. The maximum atomic E-state index is 12.9. The summed E-state index contributed by atoms with van der Waals surface area (Å²) in [5.41, 5.74) is 1.71. The number of carbonyl (C=O) groups excluding carboxylic acids is 1. The van der Waals surface area contributed by atoms with Crippen molar-refractivity contribution in [2.75, 3.05) is 19.0 Å². The van der Waals surface area contributed by atoms with Crippen LogP contribution in [0.2, 0.25) is 0 Å². The average molecular weight is 434 g/mol. The zero-order valence-corrected chi connectivity index (χ0v) is 18.2. The number of nitrogens with one attached hydrogen (secondary N) is 1. The normalized spacial score (nSPS) is 12.1. The summed E-state index contributed by atoms with van der Waals surface area (Å²) in [7, 11) is 1.66. The Morgan fingerprint density at radius 3 is 2.68 bits per heavy atom. The Hall–Kier alpha value is -3.23. The van der Waals surface area contributed by atoms with Crippen LogP contribution in [0.1, 0.15) is 6.92 Å². The molecule has 0 aliphatic heterocycles. The van der Waals surface area contributed by atoms with E-state index in [9.17, 15) is 4.79 Å². The third kappa shape index (κ3) is 4.76. The van der Waals surface area contributed by atoms with E-state index < -0.39 is 0 Å². The topological polar surface area (TPSA) is 81.9 Å². The van der Waals surface area contributed by atoms with Crippen LogP contribution in [0.25, 0.3) is 22.2 Å². The largest absolute Gasteiger partial charge is 0.383 e. The summed E-state index contributed by atoms with van der Waals surface area (Å²) >= 11 is 1.38. The van der Waals surface area contributed by atoms with Gasteiger partial charge in [-0.05, 0) is 30.5 Å². The monoisotopic (exact) mass is 433 g/mol. The highest BCUT2D eigenvalue weighted by Crippen LogP contribution is 2.28. The molecule has 31 heavy (non-hydrogen) atoms. The van der Waals surface area contributed by atoms with E-state index in [1.54, 1.807) is 19.5 Å². The van der Waals surface area contributed by atoms with E-state index in [1.807, 2.05) is 66.1 Å². The number of amides is 1. The van der Waals surface area contributed by atoms with E-state index in [-0.39, 0.29) is 11.2 Å². The van der Waals surface area contributed by atoms with Crippen molar-refractivity contribution < 1.29 is 9.53 Å². The first-order chi connectivity index (χ1) is 15.2. The lowest BCUT2D eigenvalue weighted by atomic mass is 10.1. The number of pyridine rings is 1. The van der Waals surface area contributed by atoms with E-state index in [4.69, 9.17) is 4.74 Å². The highest BCUT2D eigenvalue weighted by Gasteiger charge is 2.21. The van der Waals surface area contributed by atoms with Crippen molar-refractivity contribution in [2.45, 2.75) is 23.9 Å². The second-order valence-electron chi connectivity index (χ2n) is 6.96. The zero-order valence-electron chi connectivity index (χ0n) is 17.4. The lowest BCUT2D eigenvalue weighted by Crippen LogP contribution is -2.23. The molecule has 1 amide bonds. The maximum absolute atomic E-state index is 12.9. The number of fused-ring (bicyclic) bond motifs is 1. The molecule has 1 atom stereocenters. The molecule has 0 aliphatic carbocycles. The number of nitrogens with zero attached hydrogens (tertiary/aromatic N) is 4. The molecule has 0 bridgehead atoms. The summed E-state index contributed by atoms with van der Waals surface area (Å²) in [4.78, 5) is 17.0. The van der Waals surface area contributed by atoms with Crippen molar-refractivity contribution >= 4 is 34.1 Å². The minimum atomic E-state index is -0.366. The summed E-state index contributed by atoms with van der Waals surface area (Å²) in [5, 5.41) is 14.2. The van der Waals surface area contributed by atoms with Crippen LogP contribution in [-0.4, -0.2) is 44.6 Å². The van der Waals surface area contributed by atoms with Crippen LogP contribution in [0.4, 0.5) is 5.69 Å². The molecule has 1 N–H and O–H groups in total. The number of aromatic nitrogens is 4. The van der Waals surface area contributed by atoms with Crippen molar-refractivity contribution in [3.05, 3.63) is 67.0 Å². The first kappa shape index (κ1) is 21.0. The summed E-state index contributed by atoms with van der Waals surface area (Å²) in [5.74, 6) is 0.636. The number of benzene rings is 2. The molecule has 7 nitrogen and oxygen atoms in total. The Kier molecular flexibility index (Phi) is 6.59. The van der Waals surface area contributed by atoms with Gasteiger partial charge in [0.15, 0.2) is 11.0 Å². The summed E-state index contributed by atoms with van der Waals surface area (Å²) in [6.45, 7) is 2.97. The van der Waals surface area contributed by atoms with Gasteiger partial charge in [-0.15, -0.1) is 10.2 Å². The zero-order chi connectivity index (χ0) is 21.6. The summed E-state index contributed by atoms with van der Waals surface area (Å²) in [6.07, 6.45) is 3.44. The number of rotatable bonds is 8. The van der Waals surface area contributed by atoms with E-state index in [0.717, 1.165) is 27.8 Å². The van der Waals surface area contributed by atoms with E-state index in [2.05, 4.69) is 20.5 Å². The third-order valence-corrected chi connectivity index (χ3v) is 5.95. The molecular weight excluding hydrogens is 410 g/mol. The number of methoxy groups -OCH3 is 1. The van der Waals surface area contributed by atoms with Crippen molar-refractivity contribution in [2.24, 2.45) is 0 Å². The van der Waals surface area contributed by atoms with Gasteiger partial charge in [0.25, 0.3) is 0 Å². The lowest BCUT2D eigenvalue weighted by molar-refractivity contribution is -0.115. The van der Waals surface area contributed by atoms with Gasteiger partial charge in [-0.1, -0.05) is 48.2 Å². The van der Waals surface area contributed by atoms with Gasteiger partial charge in [-0.2, -0.15) is 0 Å². The molecule has 2 aromatic carbocycles. The molecule has 2 heterocycles. The van der Waals surface area contributed by atoms with Gasteiger partial charge in [0.05, 0.1) is 18.4 Å². The number of ether oxygens (including phenoxy) is 1. The fourth-order valence-electron chi connectivity index (χ4n) is 3.25. The lowest BCUT2D eigenvalue weighted by Gasteiger charge is -2.14. The second kappa shape index (κ2) is 9.72. The Morgan fingerprint density at radius 1 is 1.10 bits per heavy atom. The molecular formula is C23H23N5O2S. The third-order valence-electron chi connectivity index (χ3n) is 4.87. The van der Waals surface area contributed by atoms with Gasteiger partial charge in [-0.3, -0.25) is 14.3 Å². The quantitative estimate of drug-likeness (QED) is 0.418. The van der Waals surface area contributed by atoms with Crippen molar-refractivity contribution in [3.8, 4) is 11.4 Å². The van der Waals surface area contributed by atoms with Crippen LogP contribution in [-0.2, 0) is 16.1 Å². The highest BCUT2D eigenvalue weighted by atomic mass is 32.2. The number of carbonyl (C=O) groups is 1. The van der Waals surface area contributed by atoms with E-state index in [0.29, 0.717) is 18.3 Å². The van der Waals surface area contributed by atoms with Gasteiger partial charge >= 0.3 is 0 Å². The van der Waals surface area contributed by atoms with Crippen molar-refractivity contribution in [3.63, 3.8) is 0 Å². The molecule has 0 aliphatic rings. The number of hydrogen-bond donors (Lipinski definition) is 1. The smallest absolute Gasteiger partial charge is 0.237 e. The first-order valence-electron chi connectivity index (χ1n) is 9.95. The van der Waals surface area contributed by atoms with E-state index >= 15 is 0 Å². The van der Waals surface area contributed by atoms with Crippen LogP contribution in [0.5, 0.6) is 0 Å². The SMILES string of the molecule is COCCn1c(SC(C)C(=O)Nc2cccc3ccccc23)nnc1-c1ccncc1. The fourth-order valence-corrected chi connectivity index (χ4v) is 4.13. The van der Waals surface area contributed by atoms with Crippen molar-refractivity contribution in [1.82, 2.24) is 19.7 Å². The van der Waals surface area contributed by atoms with Crippen LogP contribution in [0, 0.1) is 0 Å². The summed E-state index contributed by atoms with van der Waals surface area (Å²) in [6, 6.07) is 17.7. The van der Waals surface area contributed by atoms with Gasteiger partial charge in [0.2, 0.25) is 5.91 Å². The van der Waals surface area contributed by atoms with Crippen LogP contribution in [0.3, 0.4) is 0 Å². The number of anilines is 1. The van der Waals surface area contributed by atoms with Gasteiger partial charge in [0, 0.05) is 36.1 Å². The molecule has 0 spiro atoms. The van der Waals surface area contributed by atoms with Crippen LogP contribution in [0.15, 0.2) is 72.1 Å². The van der Waals surface area contributed by atoms with Gasteiger partial charge in [-0.25, -0.2) is 0 Å². The predicted octanol–water partition coefficient (Wildman–Crippen LogP) is 4.26. The van der Waals surface area contributed by atoms with E-state index in [1.165, 1.54) is 11.8 Å². The highest BCUT2D eigenvalue weighted by molar-refractivity contribution is 8.00. The minimum absolute atomic E-state index is 0.0897. The molecule has 2 aromatic heterocycles. The molecule has 158 valence electrons. The first-order valence-corrected chi connectivity index (χ1v) is 10.8. The Labute approximate surface area is 184 Å². The standard InChI is InChI=1S/C23H23N5O2S/c1-16(22(29)25-20-9-5-7-17-6-3-4-8-19(17)20)31-23-27-26-21(28(23)14-15-30-2)18-10-12-24-13-11-18/h3-13,16H,14-15H2,1-2H3,(H,25,29). The molecule has 0 fully saturated rings. The van der Waals surface area contributed by atoms with Gasteiger partial charge < -0.3 is 10.1 Å². The number of thioether (sulfide) groups is 1. The predicted molar refractivity (Wildman–Crippen MR) is 123 cm³/mol. The molecule has 4 rings (SSSR count).